The number of phosphoric acid groups is 1. The Kier molecular flexibility index (Phi) is 34.4. The summed E-state index contributed by atoms with van der Waals surface area (Å²) in [7, 11) is -4.73. The average Bonchev–Trinajstić information content (AvgIpc) is 3.14. The third-order valence-electron chi connectivity index (χ3n) is 7.64. The first-order valence-electron chi connectivity index (χ1n) is 19.6. The SMILES string of the molecule is CC/C=C/C/C=C/C/C=C/C/C=C/CCCCC(=O)O[C@H](COC(=O)CCCCCCC/C=C/C/C=C/C/C=C/CC)COP(=O)(O)OC[C@H](N)C(=O)O. The van der Waals surface area contributed by atoms with Crippen LogP contribution >= 0.6 is 7.82 Å². The first-order chi connectivity index (χ1) is 26.1. The zero-order chi connectivity index (χ0) is 40.0. The van der Waals surface area contributed by atoms with Gasteiger partial charge in [-0.1, -0.05) is 118 Å². The maximum Gasteiger partial charge on any atom is 0.472 e. The van der Waals surface area contributed by atoms with Crippen molar-refractivity contribution in [2.75, 3.05) is 19.8 Å². The van der Waals surface area contributed by atoms with Gasteiger partial charge in [0.1, 0.15) is 12.6 Å². The number of aliphatic carboxylic acids is 1. The van der Waals surface area contributed by atoms with Crippen molar-refractivity contribution in [2.24, 2.45) is 5.73 Å². The molecule has 0 fully saturated rings. The van der Waals surface area contributed by atoms with Crippen LogP contribution in [0.4, 0.5) is 0 Å². The number of allylic oxidation sites excluding steroid dienone is 14. The zero-order valence-electron chi connectivity index (χ0n) is 32.8. The van der Waals surface area contributed by atoms with Crippen LogP contribution in [0.25, 0.3) is 0 Å². The molecule has 0 radical (unpaired) electrons. The predicted octanol–water partition coefficient (Wildman–Crippen LogP) is 9.94. The molecule has 54 heavy (non-hydrogen) atoms. The quantitative estimate of drug-likeness (QED) is 0.0242. The van der Waals surface area contributed by atoms with Crippen molar-refractivity contribution in [1.29, 1.82) is 0 Å². The van der Waals surface area contributed by atoms with Gasteiger partial charge in [0.05, 0.1) is 13.2 Å². The molecular formula is C42H68NO10P. The number of hydrogen-bond donors (Lipinski definition) is 3. The van der Waals surface area contributed by atoms with Crippen LogP contribution in [-0.4, -0.2) is 59.9 Å². The number of ether oxygens (including phenoxy) is 2. The van der Waals surface area contributed by atoms with E-state index in [0.717, 1.165) is 89.9 Å². The minimum absolute atomic E-state index is 0.0997. The first-order valence-corrected chi connectivity index (χ1v) is 21.1. The van der Waals surface area contributed by atoms with Crippen molar-refractivity contribution in [3.05, 3.63) is 85.1 Å². The molecule has 0 aromatic carbocycles. The first kappa shape index (κ1) is 50.7. The van der Waals surface area contributed by atoms with E-state index in [1.54, 1.807) is 0 Å². The molecule has 1 unspecified atom stereocenters. The number of phosphoric ester groups is 1. The van der Waals surface area contributed by atoms with Crippen LogP contribution in [0.15, 0.2) is 85.1 Å². The fourth-order valence-electron chi connectivity index (χ4n) is 4.60. The summed E-state index contributed by atoms with van der Waals surface area (Å²) in [5, 5.41) is 8.87. The summed E-state index contributed by atoms with van der Waals surface area (Å²) in [6, 6.07) is -1.53. The van der Waals surface area contributed by atoms with E-state index in [-0.39, 0.29) is 19.4 Å². The van der Waals surface area contributed by atoms with Gasteiger partial charge in [-0.25, -0.2) is 4.57 Å². The minimum atomic E-state index is -4.73. The Labute approximate surface area is 324 Å². The number of unbranched alkanes of at least 4 members (excludes halogenated alkanes) is 7. The van der Waals surface area contributed by atoms with Crippen LogP contribution in [0.1, 0.15) is 129 Å². The molecule has 0 aromatic heterocycles. The van der Waals surface area contributed by atoms with E-state index >= 15 is 0 Å². The molecule has 0 saturated carbocycles. The van der Waals surface area contributed by atoms with Gasteiger partial charge in [0.25, 0.3) is 0 Å². The average molecular weight is 778 g/mol. The lowest BCUT2D eigenvalue weighted by atomic mass is 10.1. The normalized spacial score (nSPS) is 14.7. The standard InChI is InChI=1S/C42H68NO10P/c1-3-5-7-9-11-13-15-17-19-21-23-25-27-29-31-33-40(44)50-35-38(36-51-54(48,49)52-37-39(43)42(46)47)53-41(45)34-32-30-28-26-24-22-20-18-16-14-12-10-8-6-4-2/h5-8,11-14,17-20,24,26,38-39H,3-4,9-10,15-16,21-23,25,27-37,43H2,1-2H3,(H,46,47)(H,48,49)/b7-5+,8-6+,13-11+,14-12+,19-17+,20-18+,26-24+/t38-,39+/m1/s1. The van der Waals surface area contributed by atoms with Crippen molar-refractivity contribution >= 4 is 25.7 Å². The molecule has 3 atom stereocenters. The van der Waals surface area contributed by atoms with Gasteiger partial charge >= 0.3 is 25.7 Å². The van der Waals surface area contributed by atoms with E-state index in [1.807, 2.05) is 0 Å². The Morgan fingerprint density at radius 2 is 0.981 bits per heavy atom. The largest absolute Gasteiger partial charge is 0.480 e. The summed E-state index contributed by atoms with van der Waals surface area (Å²) in [6.07, 6.45) is 43.7. The van der Waals surface area contributed by atoms with Crippen molar-refractivity contribution in [2.45, 2.75) is 142 Å². The van der Waals surface area contributed by atoms with E-state index in [4.69, 9.17) is 24.8 Å². The molecule has 0 aliphatic heterocycles. The van der Waals surface area contributed by atoms with E-state index in [2.05, 4.69) is 103 Å². The summed E-state index contributed by atoms with van der Waals surface area (Å²) in [4.78, 5) is 45.8. The number of esters is 2. The van der Waals surface area contributed by atoms with E-state index < -0.39 is 51.1 Å². The molecule has 0 amide bonds. The summed E-state index contributed by atoms with van der Waals surface area (Å²) < 4.78 is 32.5. The number of rotatable bonds is 35. The topological polar surface area (TPSA) is 172 Å². The highest BCUT2D eigenvalue weighted by atomic mass is 31.2. The van der Waals surface area contributed by atoms with Gasteiger partial charge in [-0.05, 0) is 83.5 Å². The van der Waals surface area contributed by atoms with Gasteiger partial charge in [0.15, 0.2) is 6.10 Å². The molecule has 12 heteroatoms. The number of hydrogen-bond acceptors (Lipinski definition) is 9. The summed E-state index contributed by atoms with van der Waals surface area (Å²) >= 11 is 0. The van der Waals surface area contributed by atoms with Crippen LogP contribution < -0.4 is 5.73 Å². The number of carbonyl (C=O) groups is 3. The highest BCUT2D eigenvalue weighted by Gasteiger charge is 2.28. The maximum absolute atomic E-state index is 12.6. The maximum atomic E-state index is 12.6. The van der Waals surface area contributed by atoms with E-state index in [1.165, 1.54) is 0 Å². The van der Waals surface area contributed by atoms with E-state index in [0.29, 0.717) is 12.8 Å². The van der Waals surface area contributed by atoms with Gasteiger partial charge in [-0.2, -0.15) is 0 Å². The van der Waals surface area contributed by atoms with Crippen molar-refractivity contribution < 1.29 is 47.5 Å². The van der Waals surface area contributed by atoms with Gasteiger partial charge in [0.2, 0.25) is 0 Å². The number of carboxylic acid groups (broad SMARTS) is 1. The summed E-state index contributed by atoms with van der Waals surface area (Å²) in [5.41, 5.74) is 5.32. The van der Waals surface area contributed by atoms with Crippen molar-refractivity contribution in [1.82, 2.24) is 0 Å². The van der Waals surface area contributed by atoms with Crippen molar-refractivity contribution in [3.8, 4) is 0 Å². The lowest BCUT2D eigenvalue weighted by molar-refractivity contribution is -0.161. The van der Waals surface area contributed by atoms with E-state index in [9.17, 15) is 23.8 Å². The molecule has 0 rings (SSSR count). The Balaban J connectivity index is 4.54. The molecule has 306 valence electrons. The second-order valence-electron chi connectivity index (χ2n) is 12.6. The predicted molar refractivity (Wildman–Crippen MR) is 217 cm³/mol. The molecule has 0 aliphatic carbocycles. The number of nitrogens with two attached hydrogens (primary N) is 1. The van der Waals surface area contributed by atoms with Gasteiger partial charge in [-0.3, -0.25) is 23.4 Å². The Morgan fingerprint density at radius 1 is 0.574 bits per heavy atom. The monoisotopic (exact) mass is 777 g/mol. The summed E-state index contributed by atoms with van der Waals surface area (Å²) in [6.45, 7) is 2.48. The molecule has 4 N–H and O–H groups in total. The fourth-order valence-corrected chi connectivity index (χ4v) is 5.38. The molecule has 0 heterocycles. The molecule has 0 aromatic rings. The highest BCUT2D eigenvalue weighted by Crippen LogP contribution is 2.43. The molecule has 0 bridgehead atoms. The Bertz CT molecular complexity index is 1240. The lowest BCUT2D eigenvalue weighted by Crippen LogP contribution is -2.34. The second kappa shape index (κ2) is 36.6. The van der Waals surface area contributed by atoms with Crippen molar-refractivity contribution in [3.63, 3.8) is 0 Å². The fraction of sp³-hybridized carbons (Fsp3) is 0.595. The van der Waals surface area contributed by atoms with Crippen LogP contribution in [0.5, 0.6) is 0 Å². The third-order valence-corrected chi connectivity index (χ3v) is 8.59. The number of carboxylic acids is 1. The molecule has 0 spiro atoms. The second-order valence-corrected chi connectivity index (χ2v) is 14.1. The smallest absolute Gasteiger partial charge is 0.472 e. The summed E-state index contributed by atoms with van der Waals surface area (Å²) in [5.74, 6) is -2.47. The van der Waals surface area contributed by atoms with Gasteiger partial charge in [0, 0.05) is 12.8 Å². The molecule has 0 saturated heterocycles. The molecule has 0 aliphatic rings. The Morgan fingerprint density at radius 3 is 1.50 bits per heavy atom. The van der Waals surface area contributed by atoms with Gasteiger partial charge < -0.3 is 25.2 Å². The highest BCUT2D eigenvalue weighted by molar-refractivity contribution is 7.47. The van der Waals surface area contributed by atoms with Gasteiger partial charge in [-0.15, -0.1) is 0 Å². The van der Waals surface area contributed by atoms with Crippen LogP contribution in [0, 0.1) is 0 Å². The van der Waals surface area contributed by atoms with Crippen LogP contribution in [-0.2, 0) is 37.5 Å². The minimum Gasteiger partial charge on any atom is -0.480 e. The zero-order valence-corrected chi connectivity index (χ0v) is 33.7. The third kappa shape index (κ3) is 35.7. The van der Waals surface area contributed by atoms with Crippen LogP contribution in [0.2, 0.25) is 0 Å². The lowest BCUT2D eigenvalue weighted by Gasteiger charge is -2.20. The molecule has 11 nitrogen and oxygen atoms in total. The molecular weight excluding hydrogens is 709 g/mol. The number of carbonyl (C=O) groups excluding carboxylic acids is 2. The van der Waals surface area contributed by atoms with Crippen LogP contribution in [0.3, 0.4) is 0 Å². The Hall–Kier alpha value is -3.34.